The van der Waals surface area contributed by atoms with Gasteiger partial charge < -0.3 is 0 Å². The first-order chi connectivity index (χ1) is 14.4. The van der Waals surface area contributed by atoms with E-state index in [0.717, 1.165) is 41.8 Å². The monoisotopic (exact) mass is 428 g/mol. The summed E-state index contributed by atoms with van der Waals surface area (Å²) in [7, 11) is -3.66. The topological polar surface area (TPSA) is 50.3 Å². The molecule has 0 radical (unpaired) electrons. The number of pyridine rings is 1. The maximum atomic E-state index is 13.2. The van der Waals surface area contributed by atoms with Crippen molar-refractivity contribution in [3.8, 4) is 0 Å². The highest BCUT2D eigenvalue weighted by Gasteiger charge is 2.31. The predicted molar refractivity (Wildman–Crippen MR) is 111 cm³/mol. The molecule has 2 aromatic carbocycles. The fraction of sp³-hybridized carbons (Fsp3) is 0.261. The standard InChI is InChI=1S/C23H22F2N2O2S/c24-20-6-3-17(4-7-20)14-18-5-12-23(26-15-18)19-2-1-13-27(16-19)30(28,29)22-10-8-21(25)9-11-22/h3-12,15,19H,1-2,13-14,16H2/t19-/m0/s1. The van der Waals surface area contributed by atoms with E-state index < -0.39 is 15.8 Å². The molecule has 156 valence electrons. The van der Waals surface area contributed by atoms with Crippen LogP contribution in [-0.2, 0) is 16.4 Å². The molecule has 1 fully saturated rings. The molecule has 30 heavy (non-hydrogen) atoms. The van der Waals surface area contributed by atoms with Crippen molar-refractivity contribution in [3.63, 3.8) is 0 Å². The molecule has 1 atom stereocenters. The molecule has 0 amide bonds. The summed E-state index contributed by atoms with van der Waals surface area (Å²) in [4.78, 5) is 4.68. The summed E-state index contributed by atoms with van der Waals surface area (Å²) in [6.07, 6.45) is 4.05. The number of piperidine rings is 1. The molecule has 0 aliphatic carbocycles. The number of benzene rings is 2. The van der Waals surface area contributed by atoms with Crippen LogP contribution in [0.5, 0.6) is 0 Å². The van der Waals surface area contributed by atoms with E-state index in [2.05, 4.69) is 4.98 Å². The van der Waals surface area contributed by atoms with Crippen molar-refractivity contribution in [2.75, 3.05) is 13.1 Å². The van der Waals surface area contributed by atoms with Gasteiger partial charge in [0.1, 0.15) is 11.6 Å². The first-order valence-corrected chi connectivity index (χ1v) is 11.3. The van der Waals surface area contributed by atoms with Crippen LogP contribution in [0, 0.1) is 11.6 Å². The van der Waals surface area contributed by atoms with E-state index >= 15 is 0 Å². The molecule has 0 bridgehead atoms. The van der Waals surface area contributed by atoms with E-state index in [-0.39, 0.29) is 16.6 Å². The van der Waals surface area contributed by atoms with Gasteiger partial charge in [-0.15, -0.1) is 0 Å². The van der Waals surface area contributed by atoms with Crippen molar-refractivity contribution in [2.45, 2.75) is 30.1 Å². The second kappa shape index (κ2) is 8.62. The van der Waals surface area contributed by atoms with Crippen LogP contribution in [0.15, 0.2) is 71.8 Å². The number of sulfonamides is 1. The Hall–Kier alpha value is -2.64. The minimum atomic E-state index is -3.66. The number of hydrogen-bond donors (Lipinski definition) is 0. The van der Waals surface area contributed by atoms with Gasteiger partial charge in [-0.25, -0.2) is 17.2 Å². The van der Waals surface area contributed by atoms with E-state index in [0.29, 0.717) is 19.5 Å². The third-order valence-electron chi connectivity index (χ3n) is 5.42. The van der Waals surface area contributed by atoms with E-state index in [9.17, 15) is 17.2 Å². The van der Waals surface area contributed by atoms with Crippen molar-refractivity contribution in [1.29, 1.82) is 0 Å². The van der Waals surface area contributed by atoms with Gasteiger partial charge in [0.2, 0.25) is 10.0 Å². The number of aromatic nitrogens is 1. The van der Waals surface area contributed by atoms with E-state index in [1.807, 2.05) is 12.1 Å². The summed E-state index contributed by atoms with van der Waals surface area (Å²) >= 11 is 0. The van der Waals surface area contributed by atoms with Gasteiger partial charge >= 0.3 is 0 Å². The van der Waals surface area contributed by atoms with Crippen LogP contribution in [0.25, 0.3) is 0 Å². The molecule has 2 heterocycles. The number of halogens is 2. The van der Waals surface area contributed by atoms with Gasteiger partial charge in [-0.3, -0.25) is 4.98 Å². The fourth-order valence-corrected chi connectivity index (χ4v) is 5.30. The Morgan fingerprint density at radius 3 is 2.17 bits per heavy atom. The predicted octanol–water partition coefficient (Wildman–Crippen LogP) is 4.52. The smallest absolute Gasteiger partial charge is 0.243 e. The average molecular weight is 429 g/mol. The second-order valence-electron chi connectivity index (χ2n) is 7.55. The van der Waals surface area contributed by atoms with Crippen molar-refractivity contribution in [2.24, 2.45) is 0 Å². The van der Waals surface area contributed by atoms with Crippen LogP contribution >= 0.6 is 0 Å². The van der Waals surface area contributed by atoms with Gasteiger partial charge in [0, 0.05) is 30.9 Å². The van der Waals surface area contributed by atoms with Gasteiger partial charge in [-0.05, 0) is 72.9 Å². The van der Waals surface area contributed by atoms with E-state index in [1.54, 1.807) is 18.3 Å². The Morgan fingerprint density at radius 1 is 0.900 bits per heavy atom. The average Bonchev–Trinajstić information content (AvgIpc) is 2.76. The zero-order valence-corrected chi connectivity index (χ0v) is 17.2. The molecule has 4 rings (SSSR count). The highest BCUT2D eigenvalue weighted by atomic mass is 32.2. The van der Waals surface area contributed by atoms with Crippen LogP contribution in [0.3, 0.4) is 0 Å². The van der Waals surface area contributed by atoms with Crippen LogP contribution in [0.2, 0.25) is 0 Å². The molecular weight excluding hydrogens is 406 g/mol. The lowest BCUT2D eigenvalue weighted by molar-refractivity contribution is 0.312. The number of hydrogen-bond acceptors (Lipinski definition) is 3. The van der Waals surface area contributed by atoms with Gasteiger partial charge in [-0.1, -0.05) is 18.2 Å². The third-order valence-corrected chi connectivity index (χ3v) is 7.30. The highest BCUT2D eigenvalue weighted by molar-refractivity contribution is 7.89. The molecule has 0 saturated carbocycles. The van der Waals surface area contributed by atoms with Crippen LogP contribution < -0.4 is 0 Å². The Balaban J connectivity index is 1.46. The fourth-order valence-electron chi connectivity index (χ4n) is 3.78. The highest BCUT2D eigenvalue weighted by Crippen LogP contribution is 2.29. The van der Waals surface area contributed by atoms with E-state index in [4.69, 9.17) is 0 Å². The van der Waals surface area contributed by atoms with Crippen molar-refractivity contribution in [3.05, 3.63) is 95.3 Å². The zero-order chi connectivity index (χ0) is 21.1. The van der Waals surface area contributed by atoms with Gasteiger partial charge in [-0.2, -0.15) is 4.31 Å². The lowest BCUT2D eigenvalue weighted by atomic mass is 9.95. The van der Waals surface area contributed by atoms with Gasteiger partial charge in [0.05, 0.1) is 4.90 Å². The second-order valence-corrected chi connectivity index (χ2v) is 9.49. The van der Waals surface area contributed by atoms with Crippen molar-refractivity contribution in [1.82, 2.24) is 9.29 Å². The molecule has 1 aliphatic rings. The zero-order valence-electron chi connectivity index (χ0n) is 16.3. The largest absolute Gasteiger partial charge is 0.261 e. The SMILES string of the molecule is O=S(=O)(c1ccc(F)cc1)N1CCC[C@H](c2ccc(Cc3ccc(F)cc3)cn2)C1. The molecule has 7 heteroatoms. The van der Waals surface area contributed by atoms with Gasteiger partial charge in [0.15, 0.2) is 0 Å². The summed E-state index contributed by atoms with van der Waals surface area (Å²) in [5.74, 6) is -0.714. The van der Waals surface area contributed by atoms with E-state index in [1.165, 1.54) is 28.6 Å². The summed E-state index contributed by atoms with van der Waals surface area (Å²) < 4.78 is 53.5. The summed E-state index contributed by atoms with van der Waals surface area (Å²) in [6, 6.07) is 15.2. The lowest BCUT2D eigenvalue weighted by Crippen LogP contribution is -2.39. The molecule has 3 aromatic rings. The number of nitrogens with zero attached hydrogens (tertiary/aromatic N) is 2. The molecule has 1 saturated heterocycles. The third kappa shape index (κ3) is 4.57. The Bertz CT molecular complexity index is 1100. The minimum Gasteiger partial charge on any atom is -0.261 e. The minimum absolute atomic E-state index is 0.00819. The molecular formula is C23H22F2N2O2S. The molecule has 4 nitrogen and oxygen atoms in total. The Labute approximate surface area is 175 Å². The molecule has 1 aromatic heterocycles. The first kappa shape index (κ1) is 20.6. The summed E-state index contributed by atoms with van der Waals surface area (Å²) in [5.41, 5.74) is 2.87. The Kier molecular flexibility index (Phi) is 5.92. The number of rotatable bonds is 5. The molecule has 0 unspecified atom stereocenters. The molecule has 0 N–H and O–H groups in total. The lowest BCUT2D eigenvalue weighted by Gasteiger charge is -2.31. The Morgan fingerprint density at radius 2 is 1.53 bits per heavy atom. The first-order valence-electron chi connectivity index (χ1n) is 9.87. The van der Waals surface area contributed by atoms with Gasteiger partial charge in [0.25, 0.3) is 0 Å². The van der Waals surface area contributed by atoms with Crippen molar-refractivity contribution < 1.29 is 17.2 Å². The summed E-state index contributed by atoms with van der Waals surface area (Å²) in [6.45, 7) is 0.795. The quantitative estimate of drug-likeness (QED) is 0.600. The van der Waals surface area contributed by atoms with Crippen LogP contribution in [0.4, 0.5) is 8.78 Å². The van der Waals surface area contributed by atoms with Crippen LogP contribution in [-0.4, -0.2) is 30.8 Å². The maximum Gasteiger partial charge on any atom is 0.243 e. The normalized spacial score (nSPS) is 17.7. The molecule has 0 spiro atoms. The maximum absolute atomic E-state index is 13.2. The van der Waals surface area contributed by atoms with Crippen LogP contribution in [0.1, 0.15) is 35.6 Å². The molecule has 1 aliphatic heterocycles. The summed E-state index contributed by atoms with van der Waals surface area (Å²) in [5, 5.41) is 0. The van der Waals surface area contributed by atoms with Crippen molar-refractivity contribution >= 4 is 10.0 Å².